The maximum absolute atomic E-state index is 9.39. The Labute approximate surface area is 113 Å². The summed E-state index contributed by atoms with van der Waals surface area (Å²) in [6, 6.07) is 5.66. The average molecular weight is 270 g/mol. The molecule has 1 heterocycles. The molecular weight excluding hydrogens is 250 g/mol. The van der Waals surface area contributed by atoms with Gasteiger partial charge < -0.3 is 14.7 Å². The lowest BCUT2D eigenvalue weighted by Gasteiger charge is -2.30. The molecule has 1 saturated heterocycles. The second-order valence-electron chi connectivity index (χ2n) is 4.84. The molecule has 1 N–H and O–H groups in total. The largest absolute Gasteiger partial charge is 0.392 e. The number of para-hydroxylation sites is 1. The highest BCUT2D eigenvalue weighted by Gasteiger charge is 2.18. The van der Waals surface area contributed by atoms with Gasteiger partial charge in [-0.15, -0.1) is 0 Å². The van der Waals surface area contributed by atoms with Crippen LogP contribution in [0.5, 0.6) is 0 Å². The van der Waals surface area contributed by atoms with E-state index in [0.717, 1.165) is 43.9 Å². The molecule has 0 aliphatic carbocycles. The fourth-order valence-corrected chi connectivity index (χ4v) is 2.86. The lowest BCUT2D eigenvalue weighted by atomic mass is 9.99. The Morgan fingerprint density at radius 1 is 1.39 bits per heavy atom. The number of halogens is 1. The van der Waals surface area contributed by atoms with Crippen molar-refractivity contribution in [2.75, 3.05) is 31.7 Å². The van der Waals surface area contributed by atoms with Gasteiger partial charge in [-0.1, -0.05) is 23.7 Å². The quantitative estimate of drug-likeness (QED) is 0.912. The van der Waals surface area contributed by atoms with Gasteiger partial charge in [-0.2, -0.15) is 0 Å². The molecule has 100 valence electrons. The van der Waals surface area contributed by atoms with Gasteiger partial charge in [0, 0.05) is 32.4 Å². The van der Waals surface area contributed by atoms with Crippen LogP contribution in [-0.2, 0) is 11.3 Å². The second-order valence-corrected chi connectivity index (χ2v) is 5.25. The van der Waals surface area contributed by atoms with Crippen molar-refractivity contribution >= 4 is 17.3 Å². The van der Waals surface area contributed by atoms with E-state index in [9.17, 15) is 5.11 Å². The molecular formula is C14H20ClNO2. The molecule has 18 heavy (non-hydrogen) atoms. The van der Waals surface area contributed by atoms with Gasteiger partial charge in [0.25, 0.3) is 0 Å². The zero-order chi connectivity index (χ0) is 13.0. The first-order chi connectivity index (χ1) is 8.72. The first-order valence-electron chi connectivity index (χ1n) is 6.39. The summed E-state index contributed by atoms with van der Waals surface area (Å²) in [4.78, 5) is 2.16. The first-order valence-corrected chi connectivity index (χ1v) is 6.77. The number of rotatable bonds is 4. The number of anilines is 1. The van der Waals surface area contributed by atoms with Crippen molar-refractivity contribution < 1.29 is 9.84 Å². The van der Waals surface area contributed by atoms with E-state index in [2.05, 4.69) is 4.90 Å². The Hall–Kier alpha value is -0.770. The Bertz CT molecular complexity index is 391. The van der Waals surface area contributed by atoms with Gasteiger partial charge in [-0.25, -0.2) is 0 Å². The number of hydrogen-bond donors (Lipinski definition) is 1. The maximum Gasteiger partial charge on any atom is 0.0702 e. The van der Waals surface area contributed by atoms with Crippen molar-refractivity contribution in [2.45, 2.75) is 19.4 Å². The molecule has 0 bridgehead atoms. The molecule has 1 aromatic rings. The average Bonchev–Trinajstić information content (AvgIpc) is 2.39. The van der Waals surface area contributed by atoms with Gasteiger partial charge in [0.1, 0.15) is 0 Å². The summed E-state index contributed by atoms with van der Waals surface area (Å²) in [5.41, 5.74) is 1.84. The lowest BCUT2D eigenvalue weighted by molar-refractivity contribution is 0.0685. The van der Waals surface area contributed by atoms with Crippen molar-refractivity contribution in [3.63, 3.8) is 0 Å². The van der Waals surface area contributed by atoms with E-state index < -0.39 is 0 Å². The maximum atomic E-state index is 9.39. The molecule has 0 radical (unpaired) electrons. The van der Waals surface area contributed by atoms with Crippen LogP contribution in [-0.4, -0.2) is 31.9 Å². The van der Waals surface area contributed by atoms with Crippen LogP contribution in [0.1, 0.15) is 18.4 Å². The highest BCUT2D eigenvalue weighted by molar-refractivity contribution is 6.33. The minimum Gasteiger partial charge on any atom is -0.392 e. The third kappa shape index (κ3) is 3.16. The van der Waals surface area contributed by atoms with E-state index in [1.54, 1.807) is 0 Å². The molecule has 0 amide bonds. The van der Waals surface area contributed by atoms with Crippen LogP contribution in [0, 0.1) is 5.92 Å². The van der Waals surface area contributed by atoms with Crippen LogP contribution < -0.4 is 4.90 Å². The summed E-state index contributed by atoms with van der Waals surface area (Å²) in [7, 11) is 2.04. The summed E-state index contributed by atoms with van der Waals surface area (Å²) in [5, 5.41) is 10.1. The van der Waals surface area contributed by atoms with E-state index in [1.807, 2.05) is 25.2 Å². The third-order valence-corrected chi connectivity index (χ3v) is 3.80. The molecule has 1 aromatic carbocycles. The zero-order valence-corrected chi connectivity index (χ0v) is 11.5. The topological polar surface area (TPSA) is 32.7 Å². The lowest BCUT2D eigenvalue weighted by Crippen LogP contribution is -2.30. The van der Waals surface area contributed by atoms with Crippen LogP contribution in [0.3, 0.4) is 0 Å². The van der Waals surface area contributed by atoms with E-state index in [0.29, 0.717) is 10.9 Å². The van der Waals surface area contributed by atoms with Crippen LogP contribution >= 0.6 is 11.6 Å². The van der Waals surface area contributed by atoms with Crippen molar-refractivity contribution in [1.29, 1.82) is 0 Å². The minimum atomic E-state index is 0.0218. The predicted molar refractivity (Wildman–Crippen MR) is 74.2 cm³/mol. The summed E-state index contributed by atoms with van der Waals surface area (Å²) >= 11 is 6.24. The number of ether oxygens (including phenoxy) is 1. The molecule has 4 heteroatoms. The van der Waals surface area contributed by atoms with Crippen molar-refractivity contribution in [3.8, 4) is 0 Å². The Balaban J connectivity index is 2.09. The Kier molecular flexibility index (Phi) is 4.87. The molecule has 1 aliphatic rings. The highest BCUT2D eigenvalue weighted by Crippen LogP contribution is 2.30. The molecule has 2 rings (SSSR count). The van der Waals surface area contributed by atoms with Gasteiger partial charge in [0.2, 0.25) is 0 Å². The molecule has 0 unspecified atom stereocenters. The van der Waals surface area contributed by atoms with Crippen LogP contribution in [0.25, 0.3) is 0 Å². The molecule has 0 spiro atoms. The van der Waals surface area contributed by atoms with Crippen molar-refractivity contribution in [3.05, 3.63) is 28.8 Å². The molecule has 0 atom stereocenters. The fraction of sp³-hybridized carbons (Fsp3) is 0.571. The zero-order valence-electron chi connectivity index (χ0n) is 10.7. The Morgan fingerprint density at radius 3 is 2.78 bits per heavy atom. The molecule has 3 nitrogen and oxygen atoms in total. The van der Waals surface area contributed by atoms with E-state index in [1.165, 1.54) is 0 Å². The number of hydrogen-bond acceptors (Lipinski definition) is 3. The number of benzene rings is 1. The van der Waals surface area contributed by atoms with Crippen LogP contribution in [0.15, 0.2) is 18.2 Å². The van der Waals surface area contributed by atoms with Crippen LogP contribution in [0.2, 0.25) is 5.02 Å². The predicted octanol–water partition coefficient (Wildman–Crippen LogP) is 2.70. The number of aliphatic hydroxyl groups is 1. The molecule has 1 aliphatic heterocycles. The summed E-state index contributed by atoms with van der Waals surface area (Å²) in [6.07, 6.45) is 2.20. The monoisotopic (exact) mass is 269 g/mol. The molecule has 0 saturated carbocycles. The van der Waals surface area contributed by atoms with Crippen molar-refractivity contribution in [2.24, 2.45) is 5.92 Å². The molecule has 0 aromatic heterocycles. The molecule has 1 fully saturated rings. The van der Waals surface area contributed by atoms with Gasteiger partial charge >= 0.3 is 0 Å². The third-order valence-electron chi connectivity index (χ3n) is 3.50. The Morgan fingerprint density at radius 2 is 2.11 bits per heavy atom. The van der Waals surface area contributed by atoms with Gasteiger partial charge in [0.15, 0.2) is 0 Å². The van der Waals surface area contributed by atoms with E-state index in [4.69, 9.17) is 16.3 Å². The normalized spacial score (nSPS) is 16.8. The van der Waals surface area contributed by atoms with Gasteiger partial charge in [-0.3, -0.25) is 0 Å². The number of nitrogens with zero attached hydrogens (tertiary/aromatic N) is 1. The summed E-state index contributed by atoms with van der Waals surface area (Å²) < 4.78 is 5.37. The van der Waals surface area contributed by atoms with E-state index >= 15 is 0 Å². The fourth-order valence-electron chi connectivity index (χ4n) is 2.52. The summed E-state index contributed by atoms with van der Waals surface area (Å²) in [5.74, 6) is 0.645. The highest BCUT2D eigenvalue weighted by atomic mass is 35.5. The van der Waals surface area contributed by atoms with Gasteiger partial charge in [-0.05, 0) is 24.8 Å². The van der Waals surface area contributed by atoms with Crippen LogP contribution in [0.4, 0.5) is 5.69 Å². The number of aliphatic hydroxyl groups excluding tert-OH is 1. The minimum absolute atomic E-state index is 0.0218. The van der Waals surface area contributed by atoms with Gasteiger partial charge in [0.05, 0.1) is 17.3 Å². The standard InChI is InChI=1S/C14H20ClNO2/c1-16(9-11-5-7-18-8-6-11)14-12(10-17)3-2-4-13(14)15/h2-4,11,17H,5-10H2,1H3. The second kappa shape index (κ2) is 6.41. The first kappa shape index (κ1) is 13.7. The van der Waals surface area contributed by atoms with Crippen molar-refractivity contribution in [1.82, 2.24) is 0 Å². The smallest absolute Gasteiger partial charge is 0.0702 e. The van der Waals surface area contributed by atoms with E-state index in [-0.39, 0.29) is 6.61 Å². The summed E-state index contributed by atoms with van der Waals surface area (Å²) in [6.45, 7) is 2.69. The SMILES string of the molecule is CN(CC1CCOCC1)c1c(Cl)cccc1CO.